The molecule has 122 valence electrons. The molecule has 0 radical (unpaired) electrons. The quantitative estimate of drug-likeness (QED) is 0.757. The van der Waals surface area contributed by atoms with Gasteiger partial charge < -0.3 is 14.6 Å². The Labute approximate surface area is 140 Å². The van der Waals surface area contributed by atoms with Crippen LogP contribution in [-0.4, -0.2) is 17.4 Å². The molecule has 5 heteroatoms. The van der Waals surface area contributed by atoms with Crippen LogP contribution in [0.5, 0.6) is 0 Å². The minimum atomic E-state index is -0.291. The van der Waals surface area contributed by atoms with Gasteiger partial charge in [0.15, 0.2) is 5.76 Å². The van der Waals surface area contributed by atoms with Crippen LogP contribution in [0, 0.1) is 6.92 Å². The van der Waals surface area contributed by atoms with Crippen molar-refractivity contribution >= 4 is 23.1 Å². The Morgan fingerprint density at radius 3 is 2.71 bits per heavy atom. The van der Waals surface area contributed by atoms with E-state index in [4.69, 9.17) is 4.42 Å². The number of benzene rings is 1. The first-order valence-corrected chi connectivity index (χ1v) is 7.82. The molecule has 5 nitrogen and oxygen atoms in total. The van der Waals surface area contributed by atoms with Crippen LogP contribution in [0.25, 0.3) is 0 Å². The zero-order valence-corrected chi connectivity index (χ0v) is 13.7. The lowest BCUT2D eigenvalue weighted by molar-refractivity contribution is 0.0996. The van der Waals surface area contributed by atoms with Crippen LogP contribution in [0.4, 0.5) is 17.2 Å². The number of hydrogen-bond acceptors (Lipinski definition) is 4. The van der Waals surface area contributed by atoms with Crippen molar-refractivity contribution in [1.29, 1.82) is 0 Å². The largest absolute Gasteiger partial charge is 0.459 e. The van der Waals surface area contributed by atoms with Gasteiger partial charge in [-0.2, -0.15) is 0 Å². The molecule has 0 aliphatic rings. The lowest BCUT2D eigenvalue weighted by Gasteiger charge is -2.22. The second kappa shape index (κ2) is 7.00. The molecule has 0 atom stereocenters. The Balaban J connectivity index is 1.76. The van der Waals surface area contributed by atoms with Crippen molar-refractivity contribution in [1.82, 2.24) is 4.98 Å². The van der Waals surface area contributed by atoms with E-state index in [2.05, 4.69) is 47.2 Å². The standard InChI is InChI=1S/C19H19N3O2/c1-3-22(16-7-4-6-14(2)12-16)18-10-9-15(13-20-18)21-19(23)17-8-5-11-24-17/h4-13H,3H2,1-2H3,(H,21,23). The minimum absolute atomic E-state index is 0.272. The van der Waals surface area contributed by atoms with Gasteiger partial charge in [-0.3, -0.25) is 4.79 Å². The fourth-order valence-corrected chi connectivity index (χ4v) is 2.49. The van der Waals surface area contributed by atoms with Crippen LogP contribution in [0.2, 0.25) is 0 Å². The van der Waals surface area contributed by atoms with Crippen LogP contribution in [0.1, 0.15) is 23.0 Å². The molecule has 3 rings (SSSR count). The first kappa shape index (κ1) is 15.8. The Morgan fingerprint density at radius 2 is 2.08 bits per heavy atom. The Kier molecular flexibility index (Phi) is 4.61. The molecule has 1 amide bonds. The highest BCUT2D eigenvalue weighted by molar-refractivity contribution is 6.02. The maximum atomic E-state index is 12.0. The Bertz CT molecular complexity index is 811. The molecule has 2 aromatic heterocycles. The number of hydrogen-bond donors (Lipinski definition) is 1. The van der Waals surface area contributed by atoms with Gasteiger partial charge in [-0.05, 0) is 55.8 Å². The highest BCUT2D eigenvalue weighted by Crippen LogP contribution is 2.25. The summed E-state index contributed by atoms with van der Waals surface area (Å²) >= 11 is 0. The monoisotopic (exact) mass is 321 g/mol. The Hall–Kier alpha value is -3.08. The number of anilines is 3. The first-order chi connectivity index (χ1) is 11.7. The molecule has 0 spiro atoms. The van der Waals surface area contributed by atoms with E-state index >= 15 is 0 Å². The molecule has 24 heavy (non-hydrogen) atoms. The van der Waals surface area contributed by atoms with Gasteiger partial charge in [0.2, 0.25) is 0 Å². The average molecular weight is 321 g/mol. The number of pyridine rings is 1. The molecule has 0 saturated carbocycles. The fraction of sp³-hybridized carbons (Fsp3) is 0.158. The van der Waals surface area contributed by atoms with Gasteiger partial charge in [0.25, 0.3) is 5.91 Å². The smallest absolute Gasteiger partial charge is 0.291 e. The van der Waals surface area contributed by atoms with Gasteiger partial charge in [-0.25, -0.2) is 4.98 Å². The van der Waals surface area contributed by atoms with Crippen molar-refractivity contribution in [3.8, 4) is 0 Å². The summed E-state index contributed by atoms with van der Waals surface area (Å²) in [6.45, 7) is 4.95. The van der Waals surface area contributed by atoms with Crippen LogP contribution in [-0.2, 0) is 0 Å². The summed E-state index contributed by atoms with van der Waals surface area (Å²) in [5.74, 6) is 0.814. The average Bonchev–Trinajstić information content (AvgIpc) is 3.12. The summed E-state index contributed by atoms with van der Waals surface area (Å²) in [6.07, 6.45) is 3.12. The maximum absolute atomic E-state index is 12.0. The highest BCUT2D eigenvalue weighted by atomic mass is 16.3. The van der Waals surface area contributed by atoms with Crippen molar-refractivity contribution in [3.63, 3.8) is 0 Å². The highest BCUT2D eigenvalue weighted by Gasteiger charge is 2.11. The van der Waals surface area contributed by atoms with Crippen molar-refractivity contribution in [3.05, 3.63) is 72.3 Å². The Morgan fingerprint density at radius 1 is 1.21 bits per heavy atom. The molecule has 0 aliphatic carbocycles. The number of carbonyl (C=O) groups excluding carboxylic acids is 1. The van der Waals surface area contributed by atoms with Crippen LogP contribution < -0.4 is 10.2 Å². The van der Waals surface area contributed by atoms with Crippen molar-refractivity contribution in [2.75, 3.05) is 16.8 Å². The van der Waals surface area contributed by atoms with Crippen LogP contribution >= 0.6 is 0 Å². The topological polar surface area (TPSA) is 58.4 Å². The van der Waals surface area contributed by atoms with Crippen LogP contribution in [0.3, 0.4) is 0 Å². The maximum Gasteiger partial charge on any atom is 0.291 e. The van der Waals surface area contributed by atoms with E-state index in [-0.39, 0.29) is 11.7 Å². The van der Waals surface area contributed by atoms with Crippen molar-refractivity contribution in [2.24, 2.45) is 0 Å². The molecule has 3 aromatic rings. The molecule has 1 aromatic carbocycles. The summed E-state index contributed by atoms with van der Waals surface area (Å²) in [6, 6.07) is 15.3. The second-order valence-electron chi connectivity index (χ2n) is 5.42. The molecule has 0 bridgehead atoms. The summed E-state index contributed by atoms with van der Waals surface area (Å²) < 4.78 is 5.08. The molecule has 0 saturated heterocycles. The number of carbonyl (C=O) groups is 1. The first-order valence-electron chi connectivity index (χ1n) is 7.82. The predicted molar refractivity (Wildman–Crippen MR) is 94.8 cm³/mol. The number of nitrogens with zero attached hydrogens (tertiary/aromatic N) is 2. The van der Waals surface area contributed by atoms with E-state index in [1.807, 2.05) is 18.2 Å². The molecule has 0 aliphatic heterocycles. The van der Waals surface area contributed by atoms with E-state index in [9.17, 15) is 4.79 Å². The number of amides is 1. The third-order valence-electron chi connectivity index (χ3n) is 3.66. The van der Waals surface area contributed by atoms with E-state index in [1.165, 1.54) is 11.8 Å². The molecule has 2 heterocycles. The molecular weight excluding hydrogens is 302 g/mol. The third kappa shape index (κ3) is 3.46. The van der Waals surface area contributed by atoms with Gasteiger partial charge in [-0.15, -0.1) is 0 Å². The summed E-state index contributed by atoms with van der Waals surface area (Å²) in [5.41, 5.74) is 2.92. The van der Waals surface area contributed by atoms with Crippen molar-refractivity contribution in [2.45, 2.75) is 13.8 Å². The second-order valence-corrected chi connectivity index (χ2v) is 5.42. The molecule has 0 fully saturated rings. The molecule has 0 unspecified atom stereocenters. The van der Waals surface area contributed by atoms with Gasteiger partial charge in [0, 0.05) is 12.2 Å². The van der Waals surface area contributed by atoms with Gasteiger partial charge in [-0.1, -0.05) is 12.1 Å². The van der Waals surface area contributed by atoms with Crippen LogP contribution in [0.15, 0.2) is 65.4 Å². The molecular formula is C19H19N3O2. The van der Waals surface area contributed by atoms with Gasteiger partial charge in [0.1, 0.15) is 5.82 Å². The van der Waals surface area contributed by atoms with Crippen molar-refractivity contribution < 1.29 is 9.21 Å². The summed E-state index contributed by atoms with van der Waals surface area (Å²) in [4.78, 5) is 18.6. The zero-order chi connectivity index (χ0) is 16.9. The zero-order valence-electron chi connectivity index (χ0n) is 13.7. The lowest BCUT2D eigenvalue weighted by Crippen LogP contribution is -2.17. The summed E-state index contributed by atoms with van der Waals surface area (Å²) in [7, 11) is 0. The van der Waals surface area contributed by atoms with E-state index in [0.29, 0.717) is 5.69 Å². The normalized spacial score (nSPS) is 10.4. The fourth-order valence-electron chi connectivity index (χ4n) is 2.49. The lowest BCUT2D eigenvalue weighted by atomic mass is 10.2. The van der Waals surface area contributed by atoms with Gasteiger partial charge >= 0.3 is 0 Å². The minimum Gasteiger partial charge on any atom is -0.459 e. The van der Waals surface area contributed by atoms with Gasteiger partial charge in [0.05, 0.1) is 18.1 Å². The molecule has 1 N–H and O–H groups in total. The third-order valence-corrected chi connectivity index (χ3v) is 3.66. The number of aromatic nitrogens is 1. The van der Waals surface area contributed by atoms with E-state index in [1.54, 1.807) is 18.3 Å². The number of furan rings is 1. The summed E-state index contributed by atoms with van der Waals surface area (Å²) in [5, 5.41) is 2.76. The number of nitrogens with one attached hydrogen (secondary N) is 1. The van der Waals surface area contributed by atoms with E-state index in [0.717, 1.165) is 18.1 Å². The predicted octanol–water partition coefficient (Wildman–Crippen LogP) is 4.39. The number of aryl methyl sites for hydroxylation is 1. The van der Waals surface area contributed by atoms with E-state index < -0.39 is 0 Å². The number of rotatable bonds is 5. The SMILES string of the molecule is CCN(c1cccc(C)c1)c1ccc(NC(=O)c2ccco2)cn1.